The topological polar surface area (TPSA) is 66.5 Å². The highest BCUT2D eigenvalue weighted by Gasteiger charge is 2.21. The van der Waals surface area contributed by atoms with Gasteiger partial charge in [-0.25, -0.2) is 8.42 Å². The summed E-state index contributed by atoms with van der Waals surface area (Å²) in [5.41, 5.74) is 1.45. The Hall–Kier alpha value is -2.18. The third-order valence-corrected chi connectivity index (χ3v) is 7.08. The molecule has 0 radical (unpaired) electrons. The van der Waals surface area contributed by atoms with Gasteiger partial charge in [0.2, 0.25) is 10.0 Å². The molecule has 3 rings (SSSR count). The molecule has 150 valence electrons. The Morgan fingerprint density at radius 1 is 0.964 bits per heavy atom. The predicted molar refractivity (Wildman–Crippen MR) is 110 cm³/mol. The number of amides is 1. The lowest BCUT2D eigenvalue weighted by atomic mass is 10.1. The van der Waals surface area contributed by atoms with Crippen LogP contribution in [0.2, 0.25) is 0 Å². The monoisotopic (exact) mass is 400 g/mol. The SMILES string of the molecule is CN(Cc1ccc(C(=O)NC2CCCCCC2)cc1)S(=O)(=O)c1ccccc1. The largest absolute Gasteiger partial charge is 0.349 e. The summed E-state index contributed by atoms with van der Waals surface area (Å²) in [4.78, 5) is 12.8. The molecule has 1 aliphatic rings. The fourth-order valence-corrected chi connectivity index (χ4v) is 4.75. The molecule has 0 bridgehead atoms. The first-order valence-electron chi connectivity index (χ1n) is 9.88. The smallest absolute Gasteiger partial charge is 0.251 e. The lowest BCUT2D eigenvalue weighted by Crippen LogP contribution is -2.34. The zero-order valence-corrected chi connectivity index (χ0v) is 17.1. The van der Waals surface area contributed by atoms with Crippen LogP contribution in [-0.2, 0) is 16.6 Å². The second-order valence-corrected chi connectivity index (χ2v) is 9.48. The molecule has 0 saturated heterocycles. The second-order valence-electron chi connectivity index (χ2n) is 7.43. The summed E-state index contributed by atoms with van der Waals surface area (Å²) in [6.45, 7) is 0.252. The Morgan fingerprint density at radius 2 is 1.57 bits per heavy atom. The van der Waals surface area contributed by atoms with E-state index in [0.717, 1.165) is 18.4 Å². The maximum atomic E-state index is 12.6. The summed E-state index contributed by atoms with van der Waals surface area (Å²) in [6, 6.07) is 15.8. The van der Waals surface area contributed by atoms with Crippen LogP contribution in [0.3, 0.4) is 0 Å². The van der Waals surface area contributed by atoms with E-state index in [9.17, 15) is 13.2 Å². The Bertz CT molecular complexity index is 872. The average molecular weight is 401 g/mol. The van der Waals surface area contributed by atoms with Crippen molar-refractivity contribution in [3.8, 4) is 0 Å². The minimum atomic E-state index is -3.53. The van der Waals surface area contributed by atoms with Crippen molar-refractivity contribution in [2.24, 2.45) is 0 Å². The molecule has 6 heteroatoms. The summed E-state index contributed by atoms with van der Waals surface area (Å²) in [5, 5.41) is 3.14. The summed E-state index contributed by atoms with van der Waals surface area (Å²) >= 11 is 0. The predicted octanol–water partition coefficient (Wildman–Crippen LogP) is 3.96. The molecule has 1 amide bonds. The number of carbonyl (C=O) groups excluding carboxylic acids is 1. The first kappa shape index (κ1) is 20.6. The summed E-state index contributed by atoms with van der Waals surface area (Å²) in [7, 11) is -1.97. The van der Waals surface area contributed by atoms with Crippen molar-refractivity contribution in [3.05, 3.63) is 65.7 Å². The summed E-state index contributed by atoms with van der Waals surface area (Å²) in [5.74, 6) is -0.0521. The lowest BCUT2D eigenvalue weighted by Gasteiger charge is -2.18. The maximum Gasteiger partial charge on any atom is 0.251 e. The molecule has 1 aliphatic carbocycles. The third-order valence-electron chi connectivity index (χ3n) is 5.26. The molecule has 1 N–H and O–H groups in total. The lowest BCUT2D eigenvalue weighted by molar-refractivity contribution is 0.0933. The van der Waals surface area contributed by atoms with E-state index in [1.807, 2.05) is 12.1 Å². The molecule has 0 spiro atoms. The van der Waals surface area contributed by atoms with Crippen LogP contribution in [-0.4, -0.2) is 31.7 Å². The molecule has 2 aromatic rings. The Morgan fingerprint density at radius 3 is 2.18 bits per heavy atom. The molecular formula is C22H28N2O3S. The summed E-state index contributed by atoms with van der Waals surface area (Å²) in [6.07, 6.45) is 6.94. The van der Waals surface area contributed by atoms with Crippen LogP contribution in [0.1, 0.15) is 54.4 Å². The first-order valence-corrected chi connectivity index (χ1v) is 11.3. The van der Waals surface area contributed by atoms with Crippen LogP contribution in [0.15, 0.2) is 59.5 Å². The highest BCUT2D eigenvalue weighted by atomic mass is 32.2. The molecule has 1 fully saturated rings. The van der Waals surface area contributed by atoms with E-state index < -0.39 is 10.0 Å². The van der Waals surface area contributed by atoms with Crippen molar-refractivity contribution in [3.63, 3.8) is 0 Å². The van der Waals surface area contributed by atoms with Gasteiger partial charge in [0.05, 0.1) is 4.90 Å². The van der Waals surface area contributed by atoms with Crippen molar-refractivity contribution in [1.82, 2.24) is 9.62 Å². The maximum absolute atomic E-state index is 12.6. The van der Waals surface area contributed by atoms with E-state index in [-0.39, 0.29) is 23.4 Å². The molecule has 0 aromatic heterocycles. The Balaban J connectivity index is 1.61. The summed E-state index contributed by atoms with van der Waals surface area (Å²) < 4.78 is 26.6. The van der Waals surface area contributed by atoms with E-state index in [0.29, 0.717) is 5.56 Å². The van der Waals surface area contributed by atoms with Gasteiger partial charge in [0.1, 0.15) is 0 Å². The number of carbonyl (C=O) groups is 1. The van der Waals surface area contributed by atoms with Crippen molar-refractivity contribution < 1.29 is 13.2 Å². The zero-order valence-electron chi connectivity index (χ0n) is 16.3. The van der Waals surface area contributed by atoms with Gasteiger partial charge in [-0.05, 0) is 42.7 Å². The van der Waals surface area contributed by atoms with Crippen LogP contribution in [0, 0.1) is 0 Å². The van der Waals surface area contributed by atoms with Gasteiger partial charge < -0.3 is 5.32 Å². The van der Waals surface area contributed by atoms with Gasteiger partial charge in [-0.1, -0.05) is 56.0 Å². The van der Waals surface area contributed by atoms with Gasteiger partial charge in [-0.2, -0.15) is 4.31 Å². The van der Waals surface area contributed by atoms with Crippen molar-refractivity contribution in [1.29, 1.82) is 0 Å². The van der Waals surface area contributed by atoms with E-state index in [2.05, 4.69) is 5.32 Å². The van der Waals surface area contributed by atoms with Crippen molar-refractivity contribution in [2.45, 2.75) is 56.0 Å². The van der Waals surface area contributed by atoms with Gasteiger partial charge in [0.25, 0.3) is 5.91 Å². The zero-order chi connectivity index (χ0) is 20.0. The van der Waals surface area contributed by atoms with Crippen LogP contribution >= 0.6 is 0 Å². The number of sulfonamides is 1. The third kappa shape index (κ3) is 5.20. The molecule has 5 nitrogen and oxygen atoms in total. The molecule has 0 heterocycles. The van der Waals surface area contributed by atoms with Crippen LogP contribution in [0.5, 0.6) is 0 Å². The van der Waals surface area contributed by atoms with E-state index in [1.54, 1.807) is 49.5 Å². The molecule has 0 atom stereocenters. The molecular weight excluding hydrogens is 372 g/mol. The van der Waals surface area contributed by atoms with Gasteiger partial charge in [-0.3, -0.25) is 4.79 Å². The molecule has 28 heavy (non-hydrogen) atoms. The number of benzene rings is 2. The molecule has 0 unspecified atom stereocenters. The van der Waals surface area contributed by atoms with E-state index >= 15 is 0 Å². The number of hydrogen-bond donors (Lipinski definition) is 1. The highest BCUT2D eigenvalue weighted by Crippen LogP contribution is 2.19. The minimum absolute atomic E-state index is 0.0521. The van der Waals surface area contributed by atoms with Crippen LogP contribution in [0.25, 0.3) is 0 Å². The molecule has 2 aromatic carbocycles. The van der Waals surface area contributed by atoms with Crippen molar-refractivity contribution >= 4 is 15.9 Å². The number of nitrogens with zero attached hydrogens (tertiary/aromatic N) is 1. The number of nitrogens with one attached hydrogen (secondary N) is 1. The van der Waals surface area contributed by atoms with E-state index in [1.165, 1.54) is 30.0 Å². The number of hydrogen-bond acceptors (Lipinski definition) is 3. The molecule has 0 aliphatic heterocycles. The van der Waals surface area contributed by atoms with Gasteiger partial charge in [-0.15, -0.1) is 0 Å². The fourth-order valence-electron chi connectivity index (χ4n) is 3.57. The molecule has 1 saturated carbocycles. The van der Waals surface area contributed by atoms with Gasteiger partial charge in [0.15, 0.2) is 0 Å². The van der Waals surface area contributed by atoms with Crippen LogP contribution in [0.4, 0.5) is 0 Å². The van der Waals surface area contributed by atoms with E-state index in [4.69, 9.17) is 0 Å². The fraction of sp³-hybridized carbons (Fsp3) is 0.409. The quantitative estimate of drug-likeness (QED) is 0.747. The van der Waals surface area contributed by atoms with Crippen LogP contribution < -0.4 is 5.32 Å². The van der Waals surface area contributed by atoms with Gasteiger partial charge >= 0.3 is 0 Å². The number of rotatable bonds is 6. The first-order chi connectivity index (χ1) is 13.5. The highest BCUT2D eigenvalue weighted by molar-refractivity contribution is 7.89. The standard InChI is InChI=1S/C22H28N2O3S/c1-24(28(26,27)21-11-7-4-8-12-21)17-18-13-15-19(16-14-18)22(25)23-20-9-5-2-3-6-10-20/h4,7-8,11-16,20H,2-3,5-6,9-10,17H2,1H3,(H,23,25). The second kappa shape index (κ2) is 9.34. The van der Waals surface area contributed by atoms with Crippen molar-refractivity contribution in [2.75, 3.05) is 7.05 Å². The Labute approximate surface area is 167 Å². The normalized spacial score (nSPS) is 15.9. The Kier molecular flexibility index (Phi) is 6.86. The minimum Gasteiger partial charge on any atom is -0.349 e. The van der Waals surface area contributed by atoms with Gasteiger partial charge in [0, 0.05) is 25.2 Å². The average Bonchev–Trinajstić information content (AvgIpc) is 2.98.